The Hall–Kier alpha value is -0.320. The van der Waals surface area contributed by atoms with Crippen LogP contribution in [0.2, 0.25) is 0 Å². The number of halogens is 16. The van der Waals surface area contributed by atoms with Gasteiger partial charge in [-0.1, -0.05) is 214 Å². The van der Waals surface area contributed by atoms with Crippen LogP contribution < -0.4 is 0 Å². The number of alkyl halides is 16. The third-order valence-corrected chi connectivity index (χ3v) is 41.5. The van der Waals surface area contributed by atoms with Crippen LogP contribution in [0.15, 0.2) is 0 Å². The molecule has 0 radical (unpaired) electrons. The van der Waals surface area contributed by atoms with Gasteiger partial charge in [0, 0.05) is 0 Å². The minimum absolute atomic E-state index is 0. The molecule has 16 nitrogen and oxygen atoms in total. The lowest BCUT2D eigenvalue weighted by molar-refractivity contribution is -0.00577. The number of hydrogen-bond donors (Lipinski definition) is 0. The highest BCUT2D eigenvalue weighted by atomic mass is 35.5. The molecule has 32 unspecified atom stereocenters. The van der Waals surface area contributed by atoms with E-state index in [9.17, 15) is 52.7 Å². The fourth-order valence-corrected chi connectivity index (χ4v) is 30.1. The summed E-state index contributed by atoms with van der Waals surface area (Å²) < 4.78 is 167. The molecule has 32 atom stereocenters. The van der Waals surface area contributed by atoms with E-state index in [2.05, 4.69) is 69.2 Å². The summed E-state index contributed by atoms with van der Waals surface area (Å²) in [6, 6.07) is 0. The summed E-state index contributed by atoms with van der Waals surface area (Å²) in [6.07, 6.45) is 42.2. The Morgan fingerprint density at radius 1 is 0.111 bits per heavy atom. The van der Waals surface area contributed by atoms with Crippen LogP contribution in [0.3, 0.4) is 0 Å². The maximum Gasteiger partial charge on any atom is 0.134 e. The van der Waals surface area contributed by atoms with Gasteiger partial charge in [0.1, 0.15) is 74.1 Å². The monoisotopic (exact) mass is 2190 g/mol. The van der Waals surface area contributed by atoms with Crippen molar-refractivity contribution in [1.29, 1.82) is 0 Å². The normalized spacial score (nSPS) is 44.7. The van der Waals surface area contributed by atoms with Gasteiger partial charge < -0.3 is 87.6 Å². The van der Waals surface area contributed by atoms with E-state index >= 15 is 0 Å². The Balaban J connectivity index is -0.000000241. The maximum absolute atomic E-state index is 14.2. The van der Waals surface area contributed by atoms with Crippen LogP contribution >= 0.6 is 46.4 Å². The number of hydrogen-bond acceptors (Lipinski definition) is 0. The van der Waals surface area contributed by atoms with Crippen molar-refractivity contribution in [3.63, 3.8) is 0 Å². The van der Waals surface area contributed by atoms with E-state index in [0.29, 0.717) is 71.0 Å². The van der Waals surface area contributed by atoms with E-state index in [1.54, 1.807) is 0 Å². The van der Waals surface area contributed by atoms with Gasteiger partial charge in [0.15, 0.2) is 0 Å². The molecule has 0 aromatic rings. The van der Waals surface area contributed by atoms with Crippen molar-refractivity contribution >= 4 is 46.4 Å². The second kappa shape index (κ2) is 78.0. The third kappa shape index (κ3) is 45.7. The first-order valence-electron chi connectivity index (χ1n) is 55.0. The van der Waals surface area contributed by atoms with Crippen molar-refractivity contribution in [2.75, 3.05) is 0 Å². The van der Waals surface area contributed by atoms with Gasteiger partial charge in [-0.2, -0.15) is 0 Å². The fraction of sp³-hybridized carbons (Fsp3) is 1.00. The molecule has 32 N–H and O–H groups in total. The highest BCUT2D eigenvalue weighted by Crippen LogP contribution is 2.53. The Morgan fingerprint density at radius 2 is 0.222 bits per heavy atom. The van der Waals surface area contributed by atoms with Crippen molar-refractivity contribution in [2.24, 2.45) is 189 Å². The summed E-state index contributed by atoms with van der Waals surface area (Å²) in [6.45, 7) is 33.9. The molecule has 0 saturated heterocycles. The predicted octanol–water partition coefficient (Wildman–Crippen LogP) is 24.2. The van der Waals surface area contributed by atoms with E-state index in [-0.39, 0.29) is 180 Å². The zero-order valence-electron chi connectivity index (χ0n) is 91.7. The highest BCUT2D eigenvalue weighted by Gasteiger charge is 2.50. The Bertz CT molecular complexity index is 2430. The molecule has 0 heterocycles. The molecule has 16 fully saturated rings. The molecule has 32 heteroatoms. The predicted molar refractivity (Wildman–Crippen MR) is 579 cm³/mol. The molecular weight excluding hydrogens is 1970 g/mol. The minimum atomic E-state index is -1.21. The first kappa shape index (κ1) is 159. The summed E-state index contributed by atoms with van der Waals surface area (Å²) in [7, 11) is 0. The average molecular weight is 2200 g/mol. The topological polar surface area (TPSA) is 504 Å². The van der Waals surface area contributed by atoms with Crippen molar-refractivity contribution < 1.29 is 140 Å². The minimum Gasteiger partial charge on any atom is -0.412 e. The van der Waals surface area contributed by atoms with Crippen LogP contribution in [0.25, 0.3) is 0 Å². The van der Waals surface area contributed by atoms with Gasteiger partial charge in [-0.05, 0) is 395 Å². The van der Waals surface area contributed by atoms with E-state index in [0.717, 1.165) is 201 Å². The second-order valence-corrected chi connectivity index (χ2v) is 51.0. The summed E-state index contributed by atoms with van der Waals surface area (Å²) in [5.74, 6) is 13.2. The quantitative estimate of drug-likeness (QED) is 0.162. The fourth-order valence-electron chi connectivity index (χ4n) is 28.3. The molecule has 0 aromatic carbocycles. The van der Waals surface area contributed by atoms with Gasteiger partial charge >= 0.3 is 0 Å². The van der Waals surface area contributed by atoms with Crippen LogP contribution in [0.5, 0.6) is 0 Å². The average Bonchev–Trinajstić information content (AvgIpc) is 0.856. The Kier molecular flexibility index (Phi) is 86.0. The Morgan fingerprint density at radius 3 is 0.368 bits per heavy atom. The van der Waals surface area contributed by atoms with Crippen LogP contribution in [0.4, 0.5) is 52.7 Å². The van der Waals surface area contributed by atoms with Gasteiger partial charge in [0.05, 0.1) is 21.5 Å². The summed E-state index contributed by atoms with van der Waals surface area (Å²) in [4.78, 5) is 0. The van der Waals surface area contributed by atoms with E-state index in [1.165, 1.54) is 154 Å². The second-order valence-electron chi connectivity index (χ2n) is 49.0. The van der Waals surface area contributed by atoms with Crippen molar-refractivity contribution in [3.8, 4) is 0 Å². The molecule has 0 aliphatic heterocycles. The molecule has 0 aromatic heterocycles. The smallest absolute Gasteiger partial charge is 0.134 e. The molecule has 0 amide bonds. The molecule has 0 bridgehead atoms. The van der Waals surface area contributed by atoms with Gasteiger partial charge in [-0.15, -0.1) is 46.4 Å². The van der Waals surface area contributed by atoms with Gasteiger partial charge in [0.25, 0.3) is 0 Å². The van der Waals surface area contributed by atoms with Crippen LogP contribution in [-0.4, -0.2) is 183 Å². The molecule has 16 rings (SSSR count). The van der Waals surface area contributed by atoms with Crippen LogP contribution in [0.1, 0.15) is 419 Å². The van der Waals surface area contributed by atoms with Crippen molar-refractivity contribution in [1.82, 2.24) is 0 Å². The highest BCUT2D eigenvalue weighted by molar-refractivity contribution is 6.22. The third-order valence-electron chi connectivity index (χ3n) is 39.0. The molecule has 16 aliphatic carbocycles. The van der Waals surface area contributed by atoms with Gasteiger partial charge in [-0.3, -0.25) is 0 Å². The number of rotatable bonds is 8. The SMILES string of the molecule is CC1CCC(C2CCC(C)C(Cl)C2F)CC1.CC1CCC(C2CCC(C)C(Cl)C2F)CC1.CC1CCC(C2CCC(C)C(F)C2Cl)CC1.CC1CCC(C2CCC(C)C(F)C2Cl)CC1.CC1CCC(C2CCC(C)C(F)C2F)CC1.CC1CCC(C2CCC(C)C(F)C2F)CC1.CC1CCC(C2CCC(C)C(F)C2F)CC1.CC1CCC(C2CCC(C)C(F)C2F)CC1.O.O.O.O.O.O.O.O.O.O.O.O.O.O.O.O. The van der Waals surface area contributed by atoms with Crippen LogP contribution in [-0.2, 0) is 0 Å². The summed E-state index contributed by atoms with van der Waals surface area (Å²) in [5, 5.41) is -0.916. The molecular formula is C112H224Cl4F12O16. The van der Waals surface area contributed by atoms with E-state index in [1.807, 2.05) is 41.5 Å². The Labute approximate surface area is 885 Å². The maximum atomic E-state index is 14.2. The van der Waals surface area contributed by atoms with E-state index < -0.39 is 74.1 Å². The summed E-state index contributed by atoms with van der Waals surface area (Å²) >= 11 is 25.0. The van der Waals surface area contributed by atoms with Gasteiger partial charge in [0.2, 0.25) is 0 Å². The standard InChI is InChI=1S/4C14H24ClF.4C14H24F2.16H2O/c2*1-9-3-6-11(7-4-9)12-8-5-10(2)14(16)13(12)15;6*1-9-3-6-11(7-4-9)12-8-5-10(2)13(15)14(12)16;;;;;;;;;;;;;;;;/h8*9-14H,3-8H2,1-2H3;16*1H2. The van der Waals surface area contributed by atoms with Gasteiger partial charge in [-0.25, -0.2) is 52.7 Å². The molecule has 16 saturated carbocycles. The van der Waals surface area contributed by atoms with Crippen LogP contribution in [0, 0.1) is 189 Å². The van der Waals surface area contributed by atoms with E-state index in [4.69, 9.17) is 46.4 Å². The lowest BCUT2D eigenvalue weighted by Crippen LogP contribution is -2.41. The van der Waals surface area contributed by atoms with Crippen molar-refractivity contribution in [2.45, 2.75) is 515 Å². The first-order chi connectivity index (χ1) is 60.7. The largest absolute Gasteiger partial charge is 0.412 e. The molecule has 16 aliphatic rings. The zero-order valence-corrected chi connectivity index (χ0v) is 94.7. The molecule has 0 spiro atoms. The lowest BCUT2D eigenvalue weighted by atomic mass is 9.68. The molecule has 880 valence electrons. The zero-order chi connectivity index (χ0) is 93.7. The van der Waals surface area contributed by atoms with Crippen molar-refractivity contribution in [3.05, 3.63) is 0 Å². The lowest BCUT2D eigenvalue weighted by Gasteiger charge is -2.41. The summed E-state index contributed by atoms with van der Waals surface area (Å²) in [5.41, 5.74) is 0. The molecule has 144 heavy (non-hydrogen) atoms. The first-order valence-corrected chi connectivity index (χ1v) is 56.7.